The molecule has 0 aliphatic rings. The monoisotopic (exact) mass is 407 g/mol. The van der Waals surface area contributed by atoms with Crippen LogP contribution in [0.3, 0.4) is 0 Å². The van der Waals surface area contributed by atoms with Gasteiger partial charge in [0.1, 0.15) is 18.4 Å². The molecule has 1 heterocycles. The molecular weight excluding hydrogens is 382 g/mol. The second-order valence-corrected chi connectivity index (χ2v) is 6.87. The molecule has 1 unspecified atom stereocenters. The molecule has 2 N–H and O–H groups in total. The predicted octanol–water partition coefficient (Wildman–Crippen LogP) is 3.87. The number of ether oxygens (including phenoxy) is 2. The number of nitrogens with one attached hydrogen (secondary N) is 1. The number of rotatable bonds is 8. The topological polar surface area (TPSA) is 88.6 Å². The first-order valence-electron chi connectivity index (χ1n) is 9.82. The Morgan fingerprint density at radius 1 is 1.00 bits per heavy atom. The largest absolute Gasteiger partial charge is 0.466 e. The molecular formula is C24H25NO5. The van der Waals surface area contributed by atoms with Crippen LogP contribution in [0, 0.1) is 6.92 Å². The van der Waals surface area contributed by atoms with E-state index in [0.29, 0.717) is 22.4 Å². The third-order valence-corrected chi connectivity index (χ3v) is 4.85. The van der Waals surface area contributed by atoms with E-state index in [9.17, 15) is 14.7 Å². The van der Waals surface area contributed by atoms with E-state index >= 15 is 0 Å². The van der Waals surface area contributed by atoms with Gasteiger partial charge in [0.05, 0.1) is 18.7 Å². The molecule has 30 heavy (non-hydrogen) atoms. The van der Waals surface area contributed by atoms with Crippen molar-refractivity contribution in [2.75, 3.05) is 6.61 Å². The summed E-state index contributed by atoms with van der Waals surface area (Å²) in [6, 6.07) is 18.4. The number of aliphatic hydroxyl groups excluding tert-OH is 1. The highest BCUT2D eigenvalue weighted by Gasteiger charge is 2.26. The highest BCUT2D eigenvalue weighted by Crippen LogP contribution is 2.29. The number of aliphatic hydroxyl groups is 1. The van der Waals surface area contributed by atoms with Crippen LogP contribution in [0.5, 0.6) is 0 Å². The third kappa shape index (κ3) is 4.96. The Hall–Kier alpha value is -3.38. The molecule has 0 amide bonds. The van der Waals surface area contributed by atoms with E-state index in [1.165, 1.54) is 0 Å². The fourth-order valence-corrected chi connectivity index (χ4v) is 3.28. The lowest BCUT2D eigenvalue weighted by Crippen LogP contribution is -2.13. The van der Waals surface area contributed by atoms with Crippen molar-refractivity contribution in [3.05, 3.63) is 94.3 Å². The molecule has 0 radical (unpaired) electrons. The van der Waals surface area contributed by atoms with Crippen LogP contribution in [0.2, 0.25) is 0 Å². The van der Waals surface area contributed by atoms with Gasteiger partial charge in [-0.05, 0) is 36.1 Å². The lowest BCUT2D eigenvalue weighted by molar-refractivity contribution is -0.142. The standard InChI is InChI=1S/C24H25NO5/c1-3-29-20(26)14-19-16(2)21(23(27)18-12-8-5-9-13-18)25-22(19)24(28)30-15-17-10-6-4-7-11-17/h4-13,23,25,27H,3,14-15H2,1-2H3. The average molecular weight is 407 g/mol. The Morgan fingerprint density at radius 3 is 2.27 bits per heavy atom. The first-order chi connectivity index (χ1) is 14.5. The maximum Gasteiger partial charge on any atom is 0.355 e. The maximum absolute atomic E-state index is 12.8. The Labute approximate surface area is 175 Å². The van der Waals surface area contributed by atoms with E-state index in [2.05, 4.69) is 4.98 Å². The van der Waals surface area contributed by atoms with Crippen molar-refractivity contribution in [3.63, 3.8) is 0 Å². The van der Waals surface area contributed by atoms with E-state index in [1.807, 2.05) is 48.5 Å². The van der Waals surface area contributed by atoms with E-state index in [1.54, 1.807) is 26.0 Å². The summed E-state index contributed by atoms with van der Waals surface area (Å²) in [7, 11) is 0. The van der Waals surface area contributed by atoms with Gasteiger partial charge in [-0.3, -0.25) is 4.79 Å². The number of aromatic nitrogens is 1. The highest BCUT2D eigenvalue weighted by atomic mass is 16.5. The summed E-state index contributed by atoms with van der Waals surface area (Å²) < 4.78 is 10.5. The quantitative estimate of drug-likeness (QED) is 0.554. The molecule has 0 saturated carbocycles. The molecule has 0 fully saturated rings. The Morgan fingerprint density at radius 2 is 1.63 bits per heavy atom. The summed E-state index contributed by atoms with van der Waals surface area (Å²) in [6.45, 7) is 3.84. The SMILES string of the molecule is CCOC(=O)Cc1c(C(=O)OCc2ccccc2)[nH]c(C(O)c2ccccc2)c1C. The van der Waals surface area contributed by atoms with Crippen LogP contribution < -0.4 is 0 Å². The van der Waals surface area contributed by atoms with Crippen LogP contribution in [0.4, 0.5) is 0 Å². The molecule has 3 aromatic rings. The molecule has 0 saturated heterocycles. The maximum atomic E-state index is 12.8. The van der Waals surface area contributed by atoms with Gasteiger partial charge < -0.3 is 19.6 Å². The summed E-state index contributed by atoms with van der Waals surface area (Å²) in [4.78, 5) is 27.9. The van der Waals surface area contributed by atoms with Gasteiger partial charge in [0.15, 0.2) is 0 Å². The van der Waals surface area contributed by atoms with E-state index in [0.717, 1.165) is 5.56 Å². The first kappa shape index (κ1) is 21.3. The zero-order valence-electron chi connectivity index (χ0n) is 17.1. The number of hydrogen-bond donors (Lipinski definition) is 2. The van der Waals surface area contributed by atoms with Gasteiger partial charge in [-0.25, -0.2) is 4.79 Å². The Bertz CT molecular complexity index is 995. The van der Waals surface area contributed by atoms with Crippen molar-refractivity contribution in [1.29, 1.82) is 0 Å². The van der Waals surface area contributed by atoms with Gasteiger partial charge in [0.25, 0.3) is 0 Å². The summed E-state index contributed by atoms with van der Waals surface area (Å²) in [5, 5.41) is 10.8. The van der Waals surface area contributed by atoms with Crippen molar-refractivity contribution in [3.8, 4) is 0 Å². The second-order valence-electron chi connectivity index (χ2n) is 6.87. The van der Waals surface area contributed by atoms with E-state index in [-0.39, 0.29) is 25.3 Å². The lowest BCUT2D eigenvalue weighted by atomic mass is 10.0. The normalized spacial score (nSPS) is 11.7. The van der Waals surface area contributed by atoms with E-state index < -0.39 is 18.0 Å². The van der Waals surface area contributed by atoms with Gasteiger partial charge in [-0.1, -0.05) is 60.7 Å². The van der Waals surface area contributed by atoms with Crippen LogP contribution >= 0.6 is 0 Å². The van der Waals surface area contributed by atoms with Gasteiger partial charge in [0, 0.05) is 0 Å². The number of H-pyrrole nitrogens is 1. The van der Waals surface area contributed by atoms with Gasteiger partial charge in [-0.15, -0.1) is 0 Å². The van der Waals surface area contributed by atoms with Crippen molar-refractivity contribution >= 4 is 11.9 Å². The Balaban J connectivity index is 1.91. The number of esters is 2. The van der Waals surface area contributed by atoms with Gasteiger partial charge >= 0.3 is 11.9 Å². The lowest BCUT2D eigenvalue weighted by Gasteiger charge is -2.11. The minimum absolute atomic E-state index is 0.0898. The molecule has 156 valence electrons. The van der Waals surface area contributed by atoms with Crippen molar-refractivity contribution < 1.29 is 24.2 Å². The Kier molecular flexibility index (Phi) is 7.03. The number of carbonyl (C=O) groups excluding carboxylic acids is 2. The number of hydrogen-bond acceptors (Lipinski definition) is 5. The van der Waals surface area contributed by atoms with E-state index in [4.69, 9.17) is 9.47 Å². The summed E-state index contributed by atoms with van der Waals surface area (Å²) >= 11 is 0. The smallest absolute Gasteiger partial charge is 0.355 e. The molecule has 1 aromatic heterocycles. The molecule has 0 bridgehead atoms. The summed E-state index contributed by atoms with van der Waals surface area (Å²) in [6.07, 6.45) is -1.06. The average Bonchev–Trinajstić information content (AvgIpc) is 3.09. The number of carbonyl (C=O) groups is 2. The van der Waals surface area contributed by atoms with Crippen LogP contribution in [-0.2, 0) is 27.3 Å². The zero-order valence-corrected chi connectivity index (χ0v) is 17.1. The fraction of sp³-hybridized carbons (Fsp3) is 0.250. The van der Waals surface area contributed by atoms with Gasteiger partial charge in [-0.2, -0.15) is 0 Å². The number of aromatic amines is 1. The summed E-state index contributed by atoms with van der Waals surface area (Å²) in [5.74, 6) is -1.04. The fourth-order valence-electron chi connectivity index (χ4n) is 3.28. The summed E-state index contributed by atoms with van der Waals surface area (Å²) in [5.41, 5.74) is 3.23. The molecule has 3 rings (SSSR count). The van der Waals surface area contributed by atoms with Crippen LogP contribution in [0.25, 0.3) is 0 Å². The number of benzene rings is 2. The molecule has 0 spiro atoms. The zero-order chi connectivity index (χ0) is 21.5. The van der Waals surface area contributed by atoms with Crippen molar-refractivity contribution in [2.24, 2.45) is 0 Å². The predicted molar refractivity (Wildman–Crippen MR) is 112 cm³/mol. The minimum Gasteiger partial charge on any atom is -0.466 e. The molecule has 0 aliphatic heterocycles. The van der Waals surface area contributed by atoms with Crippen molar-refractivity contribution in [2.45, 2.75) is 33.0 Å². The third-order valence-electron chi connectivity index (χ3n) is 4.85. The molecule has 0 aliphatic carbocycles. The molecule has 6 heteroatoms. The molecule has 6 nitrogen and oxygen atoms in total. The van der Waals surface area contributed by atoms with Crippen molar-refractivity contribution in [1.82, 2.24) is 4.98 Å². The molecule has 2 aromatic carbocycles. The van der Waals surface area contributed by atoms with Crippen LogP contribution in [0.1, 0.15) is 51.5 Å². The van der Waals surface area contributed by atoms with Crippen LogP contribution in [0.15, 0.2) is 60.7 Å². The minimum atomic E-state index is -0.970. The van der Waals surface area contributed by atoms with Crippen LogP contribution in [-0.4, -0.2) is 28.6 Å². The highest BCUT2D eigenvalue weighted by molar-refractivity contribution is 5.91. The van der Waals surface area contributed by atoms with Gasteiger partial charge in [0.2, 0.25) is 0 Å². The first-order valence-corrected chi connectivity index (χ1v) is 9.82. The molecule has 1 atom stereocenters. The second kappa shape index (κ2) is 9.89.